The van der Waals surface area contributed by atoms with Gasteiger partial charge in [0.05, 0.1) is 13.2 Å². The number of methoxy groups -OCH3 is 1. The third kappa shape index (κ3) is 3.13. The summed E-state index contributed by atoms with van der Waals surface area (Å²) in [6.45, 7) is 2.83. The van der Waals surface area contributed by atoms with E-state index in [2.05, 4.69) is 5.32 Å². The molecule has 1 aliphatic heterocycles. The Labute approximate surface area is 140 Å². The second kappa shape index (κ2) is 6.78. The molecule has 1 amide bonds. The molecule has 1 N–H and O–H groups in total. The number of rotatable bonds is 4. The highest BCUT2D eigenvalue weighted by atomic mass is 16.5. The zero-order valence-electron chi connectivity index (χ0n) is 13.7. The van der Waals surface area contributed by atoms with E-state index in [1.165, 1.54) is 6.07 Å². The van der Waals surface area contributed by atoms with E-state index in [-0.39, 0.29) is 17.5 Å². The van der Waals surface area contributed by atoms with E-state index >= 15 is 0 Å². The lowest BCUT2D eigenvalue weighted by Gasteiger charge is -2.27. The number of fused-ring (bicyclic) bond motifs is 1. The van der Waals surface area contributed by atoms with Crippen LogP contribution >= 0.6 is 0 Å². The lowest BCUT2D eigenvalue weighted by atomic mass is 10.0. The van der Waals surface area contributed by atoms with Crippen LogP contribution in [-0.4, -0.2) is 30.2 Å². The van der Waals surface area contributed by atoms with Gasteiger partial charge in [0.15, 0.2) is 11.5 Å². The molecule has 0 spiro atoms. The molecule has 0 aliphatic carbocycles. The van der Waals surface area contributed by atoms with Crippen molar-refractivity contribution in [3.05, 3.63) is 58.0 Å². The first-order valence-corrected chi connectivity index (χ1v) is 7.92. The summed E-state index contributed by atoms with van der Waals surface area (Å²) in [4.78, 5) is 24.2. The van der Waals surface area contributed by atoms with Crippen molar-refractivity contribution in [3.8, 4) is 11.5 Å². The number of benzene rings is 1. The smallest absolute Gasteiger partial charge is 0.251 e. The van der Waals surface area contributed by atoms with Gasteiger partial charge in [-0.05, 0) is 25.5 Å². The molecule has 126 valence electrons. The Hall–Kier alpha value is -2.76. The summed E-state index contributed by atoms with van der Waals surface area (Å²) >= 11 is 0. The SMILES string of the molecule is CCn1ccc(C(=O)NC2COc3c(cccc3OC)C2)cc1=O. The molecule has 0 radical (unpaired) electrons. The molecule has 24 heavy (non-hydrogen) atoms. The minimum atomic E-state index is -0.268. The highest BCUT2D eigenvalue weighted by molar-refractivity contribution is 5.94. The highest BCUT2D eigenvalue weighted by Gasteiger charge is 2.24. The minimum Gasteiger partial charge on any atom is -0.493 e. The van der Waals surface area contributed by atoms with Gasteiger partial charge in [-0.2, -0.15) is 0 Å². The van der Waals surface area contributed by atoms with Crippen LogP contribution in [0.2, 0.25) is 0 Å². The molecule has 0 bridgehead atoms. The average Bonchev–Trinajstić information content (AvgIpc) is 2.60. The summed E-state index contributed by atoms with van der Waals surface area (Å²) in [5.41, 5.74) is 1.17. The predicted molar refractivity (Wildman–Crippen MR) is 89.8 cm³/mol. The molecule has 0 saturated heterocycles. The van der Waals surface area contributed by atoms with Crippen LogP contribution in [0.3, 0.4) is 0 Å². The molecular formula is C18H20N2O4. The van der Waals surface area contributed by atoms with Crippen molar-refractivity contribution in [2.45, 2.75) is 25.9 Å². The summed E-state index contributed by atoms with van der Waals surface area (Å²) in [6.07, 6.45) is 2.29. The van der Waals surface area contributed by atoms with Crippen molar-refractivity contribution < 1.29 is 14.3 Å². The maximum absolute atomic E-state index is 12.4. The number of carbonyl (C=O) groups excluding carboxylic acids is 1. The van der Waals surface area contributed by atoms with E-state index < -0.39 is 0 Å². The molecule has 3 rings (SSSR count). The van der Waals surface area contributed by atoms with Crippen molar-refractivity contribution in [1.29, 1.82) is 0 Å². The number of pyridine rings is 1. The van der Waals surface area contributed by atoms with Crippen LogP contribution in [-0.2, 0) is 13.0 Å². The van der Waals surface area contributed by atoms with Gasteiger partial charge >= 0.3 is 0 Å². The Bertz CT molecular complexity index is 813. The number of hydrogen-bond acceptors (Lipinski definition) is 4. The molecule has 2 heterocycles. The van der Waals surface area contributed by atoms with Crippen molar-refractivity contribution >= 4 is 5.91 Å². The molecule has 2 aromatic rings. The first-order valence-electron chi connectivity index (χ1n) is 7.92. The quantitative estimate of drug-likeness (QED) is 0.926. The topological polar surface area (TPSA) is 69.6 Å². The van der Waals surface area contributed by atoms with Gasteiger partial charge in [-0.15, -0.1) is 0 Å². The number of hydrogen-bond donors (Lipinski definition) is 1. The second-order valence-electron chi connectivity index (χ2n) is 5.67. The number of amides is 1. The third-order valence-corrected chi connectivity index (χ3v) is 4.11. The van der Waals surface area contributed by atoms with Crippen molar-refractivity contribution in [1.82, 2.24) is 9.88 Å². The standard InChI is InChI=1S/C18H20N2O4/c1-3-20-8-7-13(10-16(20)21)18(22)19-14-9-12-5-4-6-15(23-2)17(12)24-11-14/h4-8,10,14H,3,9,11H2,1-2H3,(H,19,22). The molecule has 0 saturated carbocycles. The maximum Gasteiger partial charge on any atom is 0.251 e. The molecular weight excluding hydrogens is 308 g/mol. The van der Waals surface area contributed by atoms with Gasteiger partial charge in [-0.25, -0.2) is 0 Å². The van der Waals surface area contributed by atoms with Gasteiger partial charge in [0.1, 0.15) is 6.61 Å². The van der Waals surface area contributed by atoms with Gasteiger partial charge in [-0.1, -0.05) is 12.1 Å². The van der Waals surface area contributed by atoms with Crippen molar-refractivity contribution in [2.24, 2.45) is 0 Å². The Balaban J connectivity index is 1.72. The third-order valence-electron chi connectivity index (χ3n) is 4.11. The number of carbonyl (C=O) groups is 1. The van der Waals surface area contributed by atoms with Crippen molar-refractivity contribution in [3.63, 3.8) is 0 Å². The van der Waals surface area contributed by atoms with Gasteiger partial charge < -0.3 is 19.4 Å². The molecule has 1 atom stereocenters. The molecule has 6 nitrogen and oxygen atoms in total. The van der Waals surface area contributed by atoms with Gasteiger partial charge in [0, 0.05) is 29.9 Å². The summed E-state index contributed by atoms with van der Waals surface area (Å²) in [5, 5.41) is 2.93. The Morgan fingerprint density at radius 2 is 2.25 bits per heavy atom. The summed E-state index contributed by atoms with van der Waals surface area (Å²) < 4.78 is 12.6. The first-order chi connectivity index (χ1) is 11.6. The number of aryl methyl sites for hydroxylation is 1. The Morgan fingerprint density at radius 3 is 2.96 bits per heavy atom. The minimum absolute atomic E-state index is 0.147. The molecule has 1 aromatic carbocycles. The van der Waals surface area contributed by atoms with Crippen LogP contribution in [0.1, 0.15) is 22.8 Å². The lowest BCUT2D eigenvalue weighted by Crippen LogP contribution is -2.43. The fourth-order valence-electron chi connectivity index (χ4n) is 2.83. The summed E-state index contributed by atoms with van der Waals surface area (Å²) in [7, 11) is 1.60. The second-order valence-corrected chi connectivity index (χ2v) is 5.67. The van der Waals surface area contributed by atoms with Crippen LogP contribution in [0.15, 0.2) is 41.3 Å². The summed E-state index contributed by atoms with van der Waals surface area (Å²) in [5.74, 6) is 1.16. The fraction of sp³-hybridized carbons (Fsp3) is 0.333. The van der Waals surface area contributed by atoms with E-state index in [4.69, 9.17) is 9.47 Å². The number of aromatic nitrogens is 1. The van der Waals surface area contributed by atoms with Crippen LogP contribution < -0.4 is 20.3 Å². The van der Waals surface area contributed by atoms with Crippen LogP contribution in [0.4, 0.5) is 0 Å². The van der Waals surface area contributed by atoms with Crippen LogP contribution in [0, 0.1) is 0 Å². The molecule has 6 heteroatoms. The number of nitrogens with zero attached hydrogens (tertiary/aromatic N) is 1. The molecule has 1 aliphatic rings. The van der Waals surface area contributed by atoms with E-state index in [0.29, 0.717) is 30.9 Å². The van der Waals surface area contributed by atoms with E-state index in [9.17, 15) is 9.59 Å². The van der Waals surface area contributed by atoms with E-state index in [0.717, 1.165) is 11.3 Å². The zero-order chi connectivity index (χ0) is 17.1. The first kappa shape index (κ1) is 16.1. The maximum atomic E-state index is 12.4. The largest absolute Gasteiger partial charge is 0.493 e. The fourth-order valence-corrected chi connectivity index (χ4v) is 2.83. The lowest BCUT2D eigenvalue weighted by molar-refractivity contribution is 0.0914. The number of para-hydroxylation sites is 1. The number of ether oxygens (including phenoxy) is 2. The van der Waals surface area contributed by atoms with E-state index in [1.807, 2.05) is 25.1 Å². The number of nitrogens with one attached hydrogen (secondary N) is 1. The molecule has 1 aromatic heterocycles. The normalized spacial score (nSPS) is 16.0. The zero-order valence-corrected chi connectivity index (χ0v) is 13.7. The van der Waals surface area contributed by atoms with Crippen LogP contribution in [0.25, 0.3) is 0 Å². The summed E-state index contributed by atoms with van der Waals surface area (Å²) in [6, 6.07) is 8.57. The van der Waals surface area contributed by atoms with Crippen molar-refractivity contribution in [2.75, 3.05) is 13.7 Å². The monoisotopic (exact) mass is 328 g/mol. The van der Waals surface area contributed by atoms with Gasteiger partial charge in [0.2, 0.25) is 0 Å². The Kier molecular flexibility index (Phi) is 4.55. The average molecular weight is 328 g/mol. The van der Waals surface area contributed by atoms with E-state index in [1.54, 1.807) is 23.9 Å². The molecule has 0 fully saturated rings. The van der Waals surface area contributed by atoms with Gasteiger partial charge in [-0.3, -0.25) is 9.59 Å². The predicted octanol–water partition coefficient (Wildman–Crippen LogP) is 1.61. The molecule has 1 unspecified atom stereocenters. The van der Waals surface area contributed by atoms with Gasteiger partial charge in [0.25, 0.3) is 11.5 Å². The highest BCUT2D eigenvalue weighted by Crippen LogP contribution is 2.34. The van der Waals surface area contributed by atoms with Crippen LogP contribution in [0.5, 0.6) is 11.5 Å². The Morgan fingerprint density at radius 1 is 1.42 bits per heavy atom.